The number of hydrogen-bond donors (Lipinski definition) is 0. The Morgan fingerprint density at radius 3 is 2.50 bits per heavy atom. The highest BCUT2D eigenvalue weighted by molar-refractivity contribution is 7.17. The monoisotopic (exact) mass is 230 g/mol. The van der Waals surface area contributed by atoms with Gasteiger partial charge in [0.25, 0.3) is 0 Å². The molecule has 0 amide bonds. The summed E-state index contributed by atoms with van der Waals surface area (Å²) >= 11 is 1.55. The molecule has 0 saturated carbocycles. The van der Waals surface area contributed by atoms with Crippen LogP contribution in [0.25, 0.3) is 10.4 Å². The van der Waals surface area contributed by atoms with Crippen molar-refractivity contribution in [3.63, 3.8) is 0 Å². The van der Waals surface area contributed by atoms with Gasteiger partial charge in [-0.3, -0.25) is 4.79 Å². The van der Waals surface area contributed by atoms with Crippen molar-refractivity contribution in [3.8, 4) is 10.4 Å². The summed E-state index contributed by atoms with van der Waals surface area (Å²) in [4.78, 5) is 12.6. The van der Waals surface area contributed by atoms with Crippen LogP contribution in [-0.2, 0) is 0 Å². The van der Waals surface area contributed by atoms with Crippen LogP contribution in [0.4, 0.5) is 0 Å². The van der Waals surface area contributed by atoms with Crippen molar-refractivity contribution in [2.75, 3.05) is 0 Å². The zero-order valence-corrected chi connectivity index (χ0v) is 10.3. The SMILES string of the molecule is CC(C)c1ccccc1-c1ccc(C=O)s1. The fourth-order valence-electron chi connectivity index (χ4n) is 1.79. The summed E-state index contributed by atoms with van der Waals surface area (Å²) in [5.41, 5.74) is 2.58. The first-order valence-corrected chi connectivity index (χ1v) is 6.18. The number of carbonyl (C=O) groups is 1. The molecule has 0 saturated heterocycles. The maximum atomic E-state index is 10.7. The Kier molecular flexibility index (Phi) is 3.20. The van der Waals surface area contributed by atoms with Crippen LogP contribution in [0.5, 0.6) is 0 Å². The van der Waals surface area contributed by atoms with Crippen molar-refractivity contribution in [2.24, 2.45) is 0 Å². The number of benzene rings is 1. The van der Waals surface area contributed by atoms with Gasteiger partial charge in [-0.1, -0.05) is 38.1 Å². The van der Waals surface area contributed by atoms with Crippen molar-refractivity contribution in [1.82, 2.24) is 0 Å². The Morgan fingerprint density at radius 1 is 1.12 bits per heavy atom. The zero-order valence-electron chi connectivity index (χ0n) is 9.44. The maximum absolute atomic E-state index is 10.7. The third-order valence-corrected chi connectivity index (χ3v) is 3.64. The molecule has 0 atom stereocenters. The Hall–Kier alpha value is -1.41. The predicted octanol–water partition coefficient (Wildman–Crippen LogP) is 4.35. The Balaban J connectivity index is 2.50. The zero-order chi connectivity index (χ0) is 11.5. The van der Waals surface area contributed by atoms with Gasteiger partial charge in [0.2, 0.25) is 0 Å². The van der Waals surface area contributed by atoms with Gasteiger partial charge in [0, 0.05) is 4.88 Å². The molecule has 0 radical (unpaired) electrons. The Morgan fingerprint density at radius 2 is 1.88 bits per heavy atom. The molecule has 0 aliphatic rings. The first kappa shape index (κ1) is 11.1. The summed E-state index contributed by atoms with van der Waals surface area (Å²) in [5.74, 6) is 0.498. The molecule has 0 spiro atoms. The van der Waals surface area contributed by atoms with E-state index in [2.05, 4.69) is 32.0 Å². The van der Waals surface area contributed by atoms with Crippen molar-refractivity contribution >= 4 is 17.6 Å². The van der Waals surface area contributed by atoms with Gasteiger partial charge < -0.3 is 0 Å². The van der Waals surface area contributed by atoms with Crippen LogP contribution in [-0.4, -0.2) is 6.29 Å². The third-order valence-electron chi connectivity index (χ3n) is 2.59. The number of hydrogen-bond acceptors (Lipinski definition) is 2. The van der Waals surface area contributed by atoms with Crippen LogP contribution in [0.2, 0.25) is 0 Å². The third kappa shape index (κ3) is 2.07. The molecule has 2 heteroatoms. The number of thiophene rings is 1. The smallest absolute Gasteiger partial charge is 0.160 e. The lowest BCUT2D eigenvalue weighted by Gasteiger charge is -2.10. The van der Waals surface area contributed by atoms with E-state index in [1.54, 1.807) is 11.3 Å². The molecule has 0 bridgehead atoms. The van der Waals surface area contributed by atoms with E-state index in [-0.39, 0.29) is 0 Å². The largest absolute Gasteiger partial charge is 0.297 e. The molecule has 0 N–H and O–H groups in total. The minimum atomic E-state index is 0.498. The van der Waals surface area contributed by atoms with Crippen molar-refractivity contribution in [2.45, 2.75) is 19.8 Å². The van der Waals surface area contributed by atoms with Crippen molar-refractivity contribution in [1.29, 1.82) is 0 Å². The van der Waals surface area contributed by atoms with Gasteiger partial charge in [-0.05, 0) is 29.2 Å². The molecule has 82 valence electrons. The topological polar surface area (TPSA) is 17.1 Å². The summed E-state index contributed by atoms with van der Waals surface area (Å²) in [6.45, 7) is 4.38. The Labute approximate surface area is 99.8 Å². The summed E-state index contributed by atoms with van der Waals surface area (Å²) in [5, 5.41) is 0. The first-order chi connectivity index (χ1) is 7.72. The molecule has 2 aromatic rings. The molecule has 1 nitrogen and oxygen atoms in total. The number of rotatable bonds is 3. The van der Waals surface area contributed by atoms with Gasteiger partial charge >= 0.3 is 0 Å². The second-order valence-corrected chi connectivity index (χ2v) is 5.18. The molecule has 2 rings (SSSR count). The van der Waals surface area contributed by atoms with Crippen molar-refractivity contribution in [3.05, 3.63) is 46.8 Å². The van der Waals surface area contributed by atoms with Crippen LogP contribution >= 0.6 is 11.3 Å². The van der Waals surface area contributed by atoms with E-state index in [9.17, 15) is 4.79 Å². The van der Waals surface area contributed by atoms with E-state index in [0.29, 0.717) is 5.92 Å². The van der Waals surface area contributed by atoms with Crippen LogP contribution in [0.15, 0.2) is 36.4 Å². The highest BCUT2D eigenvalue weighted by Crippen LogP contribution is 2.33. The highest BCUT2D eigenvalue weighted by atomic mass is 32.1. The molecule has 0 aliphatic carbocycles. The van der Waals surface area contributed by atoms with Crippen LogP contribution in [0.3, 0.4) is 0 Å². The van der Waals surface area contributed by atoms with Gasteiger partial charge in [0.05, 0.1) is 4.88 Å². The van der Waals surface area contributed by atoms with E-state index in [1.165, 1.54) is 16.0 Å². The van der Waals surface area contributed by atoms with Crippen LogP contribution in [0.1, 0.15) is 35.0 Å². The van der Waals surface area contributed by atoms with E-state index in [1.807, 2.05) is 18.2 Å². The van der Waals surface area contributed by atoms with E-state index in [0.717, 1.165) is 11.2 Å². The number of aldehydes is 1. The van der Waals surface area contributed by atoms with Gasteiger partial charge in [0.1, 0.15) is 0 Å². The molecule has 1 aromatic heterocycles. The molecule has 0 fully saturated rings. The first-order valence-electron chi connectivity index (χ1n) is 5.36. The lowest BCUT2D eigenvalue weighted by Crippen LogP contribution is -1.90. The minimum absolute atomic E-state index is 0.498. The van der Waals surface area contributed by atoms with E-state index < -0.39 is 0 Å². The normalized spacial score (nSPS) is 10.7. The lowest BCUT2D eigenvalue weighted by atomic mass is 9.96. The molecular formula is C14H14OS. The van der Waals surface area contributed by atoms with E-state index in [4.69, 9.17) is 0 Å². The maximum Gasteiger partial charge on any atom is 0.160 e. The lowest BCUT2D eigenvalue weighted by molar-refractivity contribution is 0.112. The highest BCUT2D eigenvalue weighted by Gasteiger charge is 2.09. The minimum Gasteiger partial charge on any atom is -0.297 e. The van der Waals surface area contributed by atoms with Gasteiger partial charge in [-0.25, -0.2) is 0 Å². The summed E-state index contributed by atoms with van der Waals surface area (Å²) in [6.07, 6.45) is 0.909. The van der Waals surface area contributed by atoms with Gasteiger partial charge in [-0.2, -0.15) is 0 Å². The summed E-state index contributed by atoms with van der Waals surface area (Å²) < 4.78 is 0. The number of carbonyl (C=O) groups excluding carboxylic acids is 1. The molecule has 1 aromatic carbocycles. The average Bonchev–Trinajstić information content (AvgIpc) is 2.77. The summed E-state index contributed by atoms with van der Waals surface area (Å²) in [6, 6.07) is 12.3. The predicted molar refractivity (Wildman–Crippen MR) is 69.2 cm³/mol. The fraction of sp³-hybridized carbons (Fsp3) is 0.214. The molecule has 16 heavy (non-hydrogen) atoms. The van der Waals surface area contributed by atoms with Crippen LogP contribution < -0.4 is 0 Å². The molecule has 1 heterocycles. The molecular weight excluding hydrogens is 216 g/mol. The van der Waals surface area contributed by atoms with Gasteiger partial charge in [0.15, 0.2) is 6.29 Å². The average molecular weight is 230 g/mol. The van der Waals surface area contributed by atoms with Crippen molar-refractivity contribution < 1.29 is 4.79 Å². The Bertz CT molecular complexity index is 497. The van der Waals surface area contributed by atoms with Crippen LogP contribution in [0, 0.1) is 0 Å². The summed E-state index contributed by atoms with van der Waals surface area (Å²) in [7, 11) is 0. The molecule has 0 aliphatic heterocycles. The second kappa shape index (κ2) is 4.62. The van der Waals surface area contributed by atoms with E-state index >= 15 is 0 Å². The second-order valence-electron chi connectivity index (χ2n) is 4.06. The molecule has 0 unspecified atom stereocenters. The fourth-order valence-corrected chi connectivity index (χ4v) is 2.66. The van der Waals surface area contributed by atoms with Gasteiger partial charge in [-0.15, -0.1) is 11.3 Å². The quantitative estimate of drug-likeness (QED) is 0.716. The standard InChI is InChI=1S/C14H14OS/c1-10(2)12-5-3-4-6-13(12)14-8-7-11(9-15)16-14/h3-10H,1-2H3.